The minimum absolute atomic E-state index is 0.282. The van der Waals surface area contributed by atoms with Crippen LogP contribution in [0.4, 0.5) is 0 Å². The van der Waals surface area contributed by atoms with Crippen molar-refractivity contribution in [2.75, 3.05) is 6.54 Å². The van der Waals surface area contributed by atoms with Gasteiger partial charge in [-0.05, 0) is 25.5 Å². The molecule has 72 valence electrons. The SMILES string of the molecule is CCN[C@@H](O)/C=C/CC(O)CC. The van der Waals surface area contributed by atoms with Gasteiger partial charge in [0.25, 0.3) is 0 Å². The van der Waals surface area contributed by atoms with Crippen molar-refractivity contribution < 1.29 is 10.2 Å². The van der Waals surface area contributed by atoms with Gasteiger partial charge in [-0.2, -0.15) is 0 Å². The van der Waals surface area contributed by atoms with E-state index in [2.05, 4.69) is 5.32 Å². The van der Waals surface area contributed by atoms with Crippen molar-refractivity contribution >= 4 is 0 Å². The topological polar surface area (TPSA) is 52.5 Å². The number of aliphatic hydroxyl groups is 2. The van der Waals surface area contributed by atoms with Crippen LogP contribution >= 0.6 is 0 Å². The second kappa shape index (κ2) is 7.28. The molecule has 3 nitrogen and oxygen atoms in total. The molecule has 0 heterocycles. The van der Waals surface area contributed by atoms with Crippen molar-refractivity contribution in [2.24, 2.45) is 0 Å². The van der Waals surface area contributed by atoms with Gasteiger partial charge in [0.1, 0.15) is 6.23 Å². The Morgan fingerprint density at radius 1 is 1.33 bits per heavy atom. The lowest BCUT2D eigenvalue weighted by Crippen LogP contribution is -2.25. The smallest absolute Gasteiger partial charge is 0.124 e. The van der Waals surface area contributed by atoms with E-state index in [1.807, 2.05) is 13.8 Å². The average molecular weight is 173 g/mol. The van der Waals surface area contributed by atoms with Gasteiger partial charge in [-0.25, -0.2) is 0 Å². The fourth-order valence-corrected chi connectivity index (χ4v) is 0.808. The molecule has 0 fully saturated rings. The fraction of sp³-hybridized carbons (Fsp3) is 0.778. The minimum atomic E-state index is -0.584. The Balaban J connectivity index is 3.46. The van der Waals surface area contributed by atoms with Crippen LogP contribution in [0.3, 0.4) is 0 Å². The number of aliphatic hydroxyl groups excluding tert-OH is 2. The number of nitrogens with one attached hydrogen (secondary N) is 1. The molecular weight excluding hydrogens is 154 g/mol. The monoisotopic (exact) mass is 173 g/mol. The third-order valence-electron chi connectivity index (χ3n) is 1.61. The molecule has 0 bridgehead atoms. The first kappa shape index (κ1) is 11.6. The minimum Gasteiger partial charge on any atom is -0.393 e. The Labute approximate surface area is 74.1 Å². The maximum absolute atomic E-state index is 9.16. The van der Waals surface area contributed by atoms with Crippen LogP contribution in [0.1, 0.15) is 26.7 Å². The summed E-state index contributed by atoms with van der Waals surface area (Å²) in [6, 6.07) is 0. The molecule has 0 saturated carbocycles. The van der Waals surface area contributed by atoms with Crippen LogP contribution in [0.25, 0.3) is 0 Å². The van der Waals surface area contributed by atoms with Crippen molar-refractivity contribution in [1.82, 2.24) is 5.32 Å². The van der Waals surface area contributed by atoms with Gasteiger partial charge in [0.15, 0.2) is 0 Å². The van der Waals surface area contributed by atoms with Crippen molar-refractivity contribution in [2.45, 2.75) is 39.0 Å². The van der Waals surface area contributed by atoms with E-state index < -0.39 is 6.23 Å². The lowest BCUT2D eigenvalue weighted by Gasteiger charge is -2.06. The summed E-state index contributed by atoms with van der Waals surface area (Å²) in [5, 5.41) is 21.1. The molecule has 3 N–H and O–H groups in total. The van der Waals surface area contributed by atoms with Gasteiger partial charge in [-0.3, -0.25) is 5.32 Å². The zero-order valence-corrected chi connectivity index (χ0v) is 7.83. The van der Waals surface area contributed by atoms with Crippen LogP contribution < -0.4 is 5.32 Å². The van der Waals surface area contributed by atoms with E-state index in [9.17, 15) is 0 Å². The molecule has 0 rings (SSSR count). The van der Waals surface area contributed by atoms with E-state index in [4.69, 9.17) is 10.2 Å². The molecule has 2 atom stereocenters. The van der Waals surface area contributed by atoms with E-state index in [1.54, 1.807) is 12.2 Å². The second-order valence-corrected chi connectivity index (χ2v) is 2.73. The standard InChI is InChI=1S/C9H19NO2/c1-3-8(11)6-5-7-9(12)10-4-2/h5,7-12H,3-4,6H2,1-2H3/b7-5+/t8?,9-/m0/s1. The van der Waals surface area contributed by atoms with Gasteiger partial charge >= 0.3 is 0 Å². The van der Waals surface area contributed by atoms with Gasteiger partial charge in [0.2, 0.25) is 0 Å². The van der Waals surface area contributed by atoms with Crippen molar-refractivity contribution in [3.05, 3.63) is 12.2 Å². The molecule has 0 radical (unpaired) electrons. The molecule has 0 aromatic heterocycles. The highest BCUT2D eigenvalue weighted by molar-refractivity contribution is 4.88. The molecule has 0 aromatic carbocycles. The van der Waals surface area contributed by atoms with Crippen LogP contribution in [-0.4, -0.2) is 29.1 Å². The first-order valence-corrected chi connectivity index (χ1v) is 4.46. The molecule has 0 aliphatic rings. The maximum Gasteiger partial charge on any atom is 0.124 e. The first-order chi connectivity index (χ1) is 5.70. The molecular formula is C9H19NO2. The fourth-order valence-electron chi connectivity index (χ4n) is 0.808. The van der Waals surface area contributed by atoms with Crippen LogP contribution in [0.2, 0.25) is 0 Å². The van der Waals surface area contributed by atoms with E-state index in [0.717, 1.165) is 13.0 Å². The van der Waals surface area contributed by atoms with E-state index >= 15 is 0 Å². The van der Waals surface area contributed by atoms with Gasteiger partial charge in [-0.1, -0.05) is 19.9 Å². The molecule has 0 aromatic rings. The Morgan fingerprint density at radius 3 is 2.50 bits per heavy atom. The van der Waals surface area contributed by atoms with Crippen LogP contribution in [0, 0.1) is 0 Å². The molecule has 3 heteroatoms. The summed E-state index contributed by atoms with van der Waals surface area (Å²) in [6.45, 7) is 4.60. The molecule has 0 saturated heterocycles. The van der Waals surface area contributed by atoms with Crippen LogP contribution in [0.5, 0.6) is 0 Å². The van der Waals surface area contributed by atoms with Gasteiger partial charge < -0.3 is 10.2 Å². The summed E-state index contributed by atoms with van der Waals surface area (Å²) in [5.74, 6) is 0. The van der Waals surface area contributed by atoms with Crippen molar-refractivity contribution in [1.29, 1.82) is 0 Å². The molecule has 1 unspecified atom stereocenters. The zero-order valence-electron chi connectivity index (χ0n) is 7.83. The highest BCUT2D eigenvalue weighted by Crippen LogP contribution is 1.97. The van der Waals surface area contributed by atoms with Crippen molar-refractivity contribution in [3.63, 3.8) is 0 Å². The van der Waals surface area contributed by atoms with Gasteiger partial charge in [-0.15, -0.1) is 0 Å². The lowest BCUT2D eigenvalue weighted by atomic mass is 10.2. The number of likely N-dealkylation sites (N-methyl/N-ethyl adjacent to an activating group) is 1. The molecule has 0 spiro atoms. The second-order valence-electron chi connectivity index (χ2n) is 2.73. The number of rotatable bonds is 6. The summed E-state index contributed by atoms with van der Waals surface area (Å²) in [4.78, 5) is 0. The molecule has 12 heavy (non-hydrogen) atoms. The highest BCUT2D eigenvalue weighted by Gasteiger charge is 1.97. The van der Waals surface area contributed by atoms with Gasteiger partial charge in [0, 0.05) is 0 Å². The zero-order chi connectivity index (χ0) is 9.40. The quantitative estimate of drug-likeness (QED) is 0.408. The lowest BCUT2D eigenvalue weighted by molar-refractivity contribution is 0.170. The average Bonchev–Trinajstić information content (AvgIpc) is 2.04. The van der Waals surface area contributed by atoms with E-state index in [0.29, 0.717) is 6.42 Å². The number of hydrogen-bond donors (Lipinski definition) is 3. The number of hydrogen-bond acceptors (Lipinski definition) is 3. The summed E-state index contributed by atoms with van der Waals surface area (Å²) >= 11 is 0. The maximum atomic E-state index is 9.16. The Hall–Kier alpha value is -0.380. The molecule has 0 aliphatic carbocycles. The van der Waals surface area contributed by atoms with E-state index in [1.165, 1.54) is 0 Å². The Bertz CT molecular complexity index is 126. The van der Waals surface area contributed by atoms with Crippen LogP contribution in [-0.2, 0) is 0 Å². The van der Waals surface area contributed by atoms with Crippen LogP contribution in [0.15, 0.2) is 12.2 Å². The van der Waals surface area contributed by atoms with Crippen molar-refractivity contribution in [3.8, 4) is 0 Å². The summed E-state index contributed by atoms with van der Waals surface area (Å²) in [6.07, 6.45) is 3.94. The first-order valence-electron chi connectivity index (χ1n) is 4.46. The highest BCUT2D eigenvalue weighted by atomic mass is 16.3. The third kappa shape index (κ3) is 6.34. The Kier molecular flexibility index (Phi) is 7.05. The van der Waals surface area contributed by atoms with Gasteiger partial charge in [0.05, 0.1) is 6.10 Å². The molecule has 0 amide bonds. The summed E-state index contributed by atoms with van der Waals surface area (Å²) in [5.41, 5.74) is 0. The predicted octanol–water partition coefficient (Wildman–Crippen LogP) is 0.632. The normalized spacial score (nSPS) is 16.7. The third-order valence-corrected chi connectivity index (χ3v) is 1.61. The predicted molar refractivity (Wildman–Crippen MR) is 49.7 cm³/mol. The molecule has 0 aliphatic heterocycles. The largest absolute Gasteiger partial charge is 0.393 e. The van der Waals surface area contributed by atoms with E-state index in [-0.39, 0.29) is 6.10 Å². The summed E-state index contributed by atoms with van der Waals surface area (Å²) < 4.78 is 0. The summed E-state index contributed by atoms with van der Waals surface area (Å²) in [7, 11) is 0. The Morgan fingerprint density at radius 2 is 2.00 bits per heavy atom.